The molecule has 0 unspecified atom stereocenters. The van der Waals surface area contributed by atoms with Crippen LogP contribution in [0.25, 0.3) is 11.2 Å². The van der Waals surface area contributed by atoms with Gasteiger partial charge in [0.15, 0.2) is 21.7 Å². The minimum absolute atomic E-state index is 0.355. The Morgan fingerprint density at radius 3 is 2.61 bits per heavy atom. The predicted octanol–water partition coefficient (Wildman–Crippen LogP) is 2.31. The number of imidazole rings is 1. The first kappa shape index (κ1) is 15.4. The number of nitrogen functional groups attached to an aromatic ring is 1. The van der Waals surface area contributed by atoms with Crippen molar-refractivity contribution in [3.63, 3.8) is 0 Å². The van der Waals surface area contributed by atoms with E-state index in [4.69, 9.17) is 10.5 Å². The predicted molar refractivity (Wildman–Crippen MR) is 89.1 cm³/mol. The van der Waals surface area contributed by atoms with Gasteiger partial charge in [-0.15, -0.1) is 0 Å². The van der Waals surface area contributed by atoms with Gasteiger partial charge in [0.1, 0.15) is 5.82 Å². The van der Waals surface area contributed by atoms with Crippen molar-refractivity contribution in [3.05, 3.63) is 46.0 Å². The van der Waals surface area contributed by atoms with Crippen molar-refractivity contribution < 1.29 is 9.53 Å². The van der Waals surface area contributed by atoms with E-state index in [2.05, 4.69) is 30.9 Å². The number of esters is 1. The van der Waals surface area contributed by atoms with Gasteiger partial charge in [0.2, 0.25) is 0 Å². The number of carbonyl (C=O) groups excluding carboxylic acids is 1. The Bertz CT molecular complexity index is 889. The van der Waals surface area contributed by atoms with Gasteiger partial charge in [-0.05, 0) is 40.5 Å². The summed E-state index contributed by atoms with van der Waals surface area (Å²) >= 11 is 3.43. The fourth-order valence-electron chi connectivity index (χ4n) is 2.30. The second-order valence-corrected chi connectivity index (χ2v) is 5.69. The highest BCUT2D eigenvalue weighted by Gasteiger charge is 2.14. The molecule has 1 aromatic carbocycles. The molecule has 0 bridgehead atoms. The van der Waals surface area contributed by atoms with E-state index in [9.17, 15) is 4.79 Å². The van der Waals surface area contributed by atoms with Gasteiger partial charge in [0, 0.05) is 0 Å². The van der Waals surface area contributed by atoms with E-state index in [1.807, 2.05) is 16.7 Å². The second kappa shape index (κ2) is 5.96. The summed E-state index contributed by atoms with van der Waals surface area (Å²) in [4.78, 5) is 24.4. The highest BCUT2D eigenvalue weighted by molar-refractivity contribution is 9.10. The Kier molecular flexibility index (Phi) is 3.99. The van der Waals surface area contributed by atoms with Gasteiger partial charge < -0.3 is 10.5 Å². The molecule has 0 aliphatic rings. The van der Waals surface area contributed by atoms with Crippen LogP contribution in [0.4, 0.5) is 5.82 Å². The number of methoxy groups -OCH3 is 1. The molecule has 0 radical (unpaired) electrons. The van der Waals surface area contributed by atoms with Crippen molar-refractivity contribution in [1.29, 1.82) is 0 Å². The molecular weight excluding hydrogens is 362 g/mol. The van der Waals surface area contributed by atoms with E-state index in [0.717, 1.165) is 5.56 Å². The first-order chi connectivity index (χ1) is 11.0. The summed E-state index contributed by atoms with van der Waals surface area (Å²) in [6.45, 7) is 2.32. The zero-order valence-electron chi connectivity index (χ0n) is 12.6. The maximum atomic E-state index is 11.5. The highest BCUT2D eigenvalue weighted by atomic mass is 79.9. The van der Waals surface area contributed by atoms with Gasteiger partial charge in [-0.2, -0.15) is 0 Å². The molecule has 118 valence electrons. The zero-order chi connectivity index (χ0) is 16.6. The molecule has 0 saturated carbocycles. The number of carbonyl (C=O) groups is 1. The lowest BCUT2D eigenvalue weighted by atomic mass is 10.1. The largest absolute Gasteiger partial charge is 0.465 e. The topological polar surface area (TPSA) is 95.9 Å². The number of ether oxygens (including phenoxy) is 1. The molecule has 2 heterocycles. The third kappa shape index (κ3) is 2.89. The Morgan fingerprint density at radius 1 is 1.26 bits per heavy atom. The zero-order valence-corrected chi connectivity index (χ0v) is 14.2. The Balaban J connectivity index is 1.98. The van der Waals surface area contributed by atoms with Crippen molar-refractivity contribution in [1.82, 2.24) is 19.5 Å². The SMILES string of the molecule is COC(=O)c1ccc(Cn2c(Br)nc3c(N)nc(C)nc32)cc1. The van der Waals surface area contributed by atoms with Crippen molar-refractivity contribution in [3.8, 4) is 0 Å². The molecular formula is C15H14BrN5O2. The molecule has 0 spiro atoms. The van der Waals surface area contributed by atoms with E-state index in [1.54, 1.807) is 19.1 Å². The van der Waals surface area contributed by atoms with Crippen molar-refractivity contribution in [2.75, 3.05) is 12.8 Å². The van der Waals surface area contributed by atoms with Crippen molar-refractivity contribution >= 4 is 38.9 Å². The molecule has 0 fully saturated rings. The molecule has 0 aliphatic heterocycles. The fourth-order valence-corrected chi connectivity index (χ4v) is 2.77. The number of hydrogen-bond acceptors (Lipinski definition) is 6. The van der Waals surface area contributed by atoms with Gasteiger partial charge in [-0.3, -0.25) is 4.57 Å². The second-order valence-electron chi connectivity index (χ2n) is 4.98. The standard InChI is InChI=1S/C15H14BrN5O2/c1-8-18-12(17)11-13(19-8)21(15(16)20-11)7-9-3-5-10(6-4-9)14(22)23-2/h3-6H,7H2,1-2H3,(H2,17,18,19). The van der Waals surface area contributed by atoms with E-state index in [-0.39, 0.29) is 5.97 Å². The number of benzene rings is 1. The third-order valence-electron chi connectivity index (χ3n) is 3.40. The number of nitrogens with zero attached hydrogens (tertiary/aromatic N) is 4. The van der Waals surface area contributed by atoms with Crippen LogP contribution in [0.3, 0.4) is 0 Å². The number of rotatable bonds is 3. The molecule has 8 heteroatoms. The molecule has 3 aromatic rings. The van der Waals surface area contributed by atoms with Crippen LogP contribution < -0.4 is 5.73 Å². The van der Waals surface area contributed by atoms with Crippen LogP contribution in [0, 0.1) is 6.92 Å². The van der Waals surface area contributed by atoms with Gasteiger partial charge in [0.25, 0.3) is 0 Å². The number of anilines is 1. The third-order valence-corrected chi connectivity index (χ3v) is 4.01. The summed E-state index contributed by atoms with van der Waals surface area (Å²) in [5.41, 5.74) is 8.63. The summed E-state index contributed by atoms with van der Waals surface area (Å²) in [7, 11) is 1.36. The van der Waals surface area contributed by atoms with E-state index in [1.165, 1.54) is 7.11 Å². The number of halogens is 1. The summed E-state index contributed by atoms with van der Waals surface area (Å²) in [6.07, 6.45) is 0. The average molecular weight is 376 g/mol. The quantitative estimate of drug-likeness (QED) is 0.557. The molecule has 3 rings (SSSR count). The van der Waals surface area contributed by atoms with Crippen LogP contribution in [0.2, 0.25) is 0 Å². The van der Waals surface area contributed by atoms with Crippen LogP contribution in [0.15, 0.2) is 29.0 Å². The minimum atomic E-state index is -0.359. The van der Waals surface area contributed by atoms with E-state index >= 15 is 0 Å². The minimum Gasteiger partial charge on any atom is -0.465 e. The lowest BCUT2D eigenvalue weighted by molar-refractivity contribution is 0.0600. The number of nitrogens with two attached hydrogens (primary N) is 1. The monoisotopic (exact) mass is 375 g/mol. The molecule has 0 atom stereocenters. The average Bonchev–Trinajstić information content (AvgIpc) is 2.84. The van der Waals surface area contributed by atoms with Crippen LogP contribution in [0.5, 0.6) is 0 Å². The highest BCUT2D eigenvalue weighted by Crippen LogP contribution is 2.23. The fraction of sp³-hybridized carbons (Fsp3) is 0.200. The summed E-state index contributed by atoms with van der Waals surface area (Å²) in [6, 6.07) is 7.18. The maximum absolute atomic E-state index is 11.5. The summed E-state index contributed by atoms with van der Waals surface area (Å²) < 4.78 is 7.21. The van der Waals surface area contributed by atoms with Crippen molar-refractivity contribution in [2.45, 2.75) is 13.5 Å². The molecule has 2 aromatic heterocycles. The summed E-state index contributed by atoms with van der Waals surface area (Å²) in [5.74, 6) is 0.583. The lowest BCUT2D eigenvalue weighted by Crippen LogP contribution is -2.05. The van der Waals surface area contributed by atoms with Crippen LogP contribution in [-0.2, 0) is 11.3 Å². The van der Waals surface area contributed by atoms with E-state index < -0.39 is 0 Å². The number of hydrogen-bond donors (Lipinski definition) is 1. The maximum Gasteiger partial charge on any atom is 0.337 e. The van der Waals surface area contributed by atoms with Crippen LogP contribution >= 0.6 is 15.9 Å². The smallest absolute Gasteiger partial charge is 0.337 e. The van der Waals surface area contributed by atoms with Gasteiger partial charge in [0.05, 0.1) is 19.2 Å². The number of fused-ring (bicyclic) bond motifs is 1. The normalized spacial score (nSPS) is 10.9. The van der Waals surface area contributed by atoms with Crippen molar-refractivity contribution in [2.24, 2.45) is 0 Å². The Labute approximate surface area is 140 Å². The first-order valence-corrected chi connectivity index (χ1v) is 7.62. The molecule has 0 saturated heterocycles. The molecule has 7 nitrogen and oxygen atoms in total. The van der Waals surface area contributed by atoms with Gasteiger partial charge >= 0.3 is 5.97 Å². The number of aryl methyl sites for hydroxylation is 1. The van der Waals surface area contributed by atoms with Gasteiger partial charge in [-0.1, -0.05) is 12.1 Å². The summed E-state index contributed by atoms with van der Waals surface area (Å²) in [5, 5.41) is 0. The van der Waals surface area contributed by atoms with E-state index in [0.29, 0.717) is 39.6 Å². The van der Waals surface area contributed by atoms with Crippen LogP contribution in [0.1, 0.15) is 21.7 Å². The van der Waals surface area contributed by atoms with Gasteiger partial charge in [-0.25, -0.2) is 19.7 Å². The first-order valence-electron chi connectivity index (χ1n) is 6.82. The Hall–Kier alpha value is -2.48. The molecule has 23 heavy (non-hydrogen) atoms. The van der Waals surface area contributed by atoms with Crippen LogP contribution in [-0.4, -0.2) is 32.6 Å². The Morgan fingerprint density at radius 2 is 1.96 bits per heavy atom. The lowest BCUT2D eigenvalue weighted by Gasteiger charge is -2.07. The molecule has 0 aliphatic carbocycles. The molecule has 2 N–H and O–H groups in total. The number of aromatic nitrogens is 4. The molecule has 0 amide bonds.